The van der Waals surface area contributed by atoms with Crippen LogP contribution < -0.4 is 4.74 Å². The Kier molecular flexibility index (Phi) is 8.30. The quantitative estimate of drug-likeness (QED) is 0.181. The molecule has 1 atom stereocenters. The summed E-state index contributed by atoms with van der Waals surface area (Å²) in [6.07, 6.45) is -16.8. The van der Waals surface area contributed by atoms with Gasteiger partial charge in [-0.1, -0.05) is 12.1 Å². The Morgan fingerprint density at radius 2 is 1.49 bits per heavy atom. The van der Waals surface area contributed by atoms with Crippen LogP contribution in [0.25, 0.3) is 11.1 Å². The first kappa shape index (κ1) is 34.4. The van der Waals surface area contributed by atoms with Crippen molar-refractivity contribution in [1.29, 1.82) is 0 Å². The maximum atomic E-state index is 13.9. The molecule has 0 unspecified atom stereocenters. The number of nitrogens with zero attached hydrogens (tertiary/aromatic N) is 2. The number of aromatic nitrogens is 1. The number of carbonyl (C=O) groups excluding carboxylic acids is 2. The van der Waals surface area contributed by atoms with Gasteiger partial charge in [0.2, 0.25) is 0 Å². The predicted octanol–water partition coefficient (Wildman–Crippen LogP) is 8.71. The molecule has 1 amide bonds. The number of rotatable bonds is 7. The molecule has 3 aliphatic rings. The third-order valence-corrected chi connectivity index (χ3v) is 9.37. The molecular formula is C33H27F9N2O5. The van der Waals surface area contributed by atoms with Gasteiger partial charge in [-0.2, -0.15) is 39.5 Å². The van der Waals surface area contributed by atoms with Crippen molar-refractivity contribution < 1.29 is 63.3 Å². The minimum atomic E-state index is -5.15. The lowest BCUT2D eigenvalue weighted by atomic mass is 9.71. The van der Waals surface area contributed by atoms with Gasteiger partial charge in [-0.3, -0.25) is 9.69 Å². The molecule has 1 spiro atoms. The summed E-state index contributed by atoms with van der Waals surface area (Å²) in [5, 5.41) is 0. The van der Waals surface area contributed by atoms with E-state index in [0.717, 1.165) is 22.6 Å². The molecule has 2 saturated carbocycles. The lowest BCUT2D eigenvalue weighted by Gasteiger charge is -2.34. The van der Waals surface area contributed by atoms with E-state index in [4.69, 9.17) is 14.2 Å². The van der Waals surface area contributed by atoms with Gasteiger partial charge in [0.25, 0.3) is 0 Å². The number of ether oxygens (including phenoxy) is 3. The van der Waals surface area contributed by atoms with E-state index in [1.165, 1.54) is 14.2 Å². The Labute approximate surface area is 273 Å². The number of halogens is 9. The van der Waals surface area contributed by atoms with Crippen molar-refractivity contribution in [2.45, 2.75) is 68.3 Å². The van der Waals surface area contributed by atoms with E-state index < -0.39 is 65.2 Å². The highest BCUT2D eigenvalue weighted by molar-refractivity contribution is 5.77. The van der Waals surface area contributed by atoms with Crippen LogP contribution in [-0.4, -0.2) is 41.7 Å². The summed E-state index contributed by atoms with van der Waals surface area (Å²) in [6, 6.07) is 7.86. The largest absolute Gasteiger partial charge is 0.496 e. The summed E-state index contributed by atoms with van der Waals surface area (Å²) in [4.78, 5) is 30.1. The molecule has 0 bridgehead atoms. The van der Waals surface area contributed by atoms with E-state index in [1.54, 1.807) is 18.2 Å². The minimum Gasteiger partial charge on any atom is -0.496 e. The van der Waals surface area contributed by atoms with Gasteiger partial charge in [0.05, 0.1) is 49.0 Å². The van der Waals surface area contributed by atoms with Gasteiger partial charge in [0.15, 0.2) is 6.10 Å². The number of alkyl halides is 9. The highest BCUT2D eigenvalue weighted by atomic mass is 19.4. The lowest BCUT2D eigenvalue weighted by molar-refractivity contribution is -0.149. The molecule has 262 valence electrons. The maximum absolute atomic E-state index is 13.9. The summed E-state index contributed by atoms with van der Waals surface area (Å²) in [5.74, 6) is -0.486. The van der Waals surface area contributed by atoms with Crippen LogP contribution in [0.1, 0.15) is 71.3 Å². The predicted molar refractivity (Wildman–Crippen MR) is 152 cm³/mol. The zero-order chi connectivity index (χ0) is 35.7. The molecule has 2 aliphatic carbocycles. The van der Waals surface area contributed by atoms with E-state index >= 15 is 0 Å². The van der Waals surface area contributed by atoms with Crippen molar-refractivity contribution in [3.05, 3.63) is 82.2 Å². The molecule has 0 N–H and O–H groups in total. The molecule has 7 nitrogen and oxygen atoms in total. The summed E-state index contributed by atoms with van der Waals surface area (Å²) in [7, 11) is 2.63. The molecule has 2 heterocycles. The summed E-state index contributed by atoms with van der Waals surface area (Å²) in [5.41, 5.74) is -5.50. The topological polar surface area (TPSA) is 78.0 Å². The smallest absolute Gasteiger partial charge is 0.433 e. The Morgan fingerprint density at radius 1 is 0.857 bits per heavy atom. The van der Waals surface area contributed by atoms with Gasteiger partial charge in [0.1, 0.15) is 11.4 Å². The monoisotopic (exact) mass is 702 g/mol. The molecule has 49 heavy (non-hydrogen) atoms. The van der Waals surface area contributed by atoms with Crippen molar-refractivity contribution in [3.63, 3.8) is 0 Å². The van der Waals surface area contributed by atoms with Gasteiger partial charge < -0.3 is 14.2 Å². The number of hydrogen-bond acceptors (Lipinski definition) is 6. The second-order valence-electron chi connectivity index (χ2n) is 12.3. The van der Waals surface area contributed by atoms with Crippen molar-refractivity contribution in [2.24, 2.45) is 5.92 Å². The number of benzene rings is 2. The zero-order valence-corrected chi connectivity index (χ0v) is 25.7. The van der Waals surface area contributed by atoms with Crippen LogP contribution in [0.3, 0.4) is 0 Å². The van der Waals surface area contributed by atoms with Crippen LogP contribution >= 0.6 is 0 Å². The average molecular weight is 703 g/mol. The van der Waals surface area contributed by atoms with Crippen LogP contribution in [0.15, 0.2) is 48.5 Å². The minimum absolute atomic E-state index is 0.0445. The Hall–Kier alpha value is -4.50. The first-order valence-electron chi connectivity index (χ1n) is 15.0. The number of carbonyl (C=O) groups is 2. The van der Waals surface area contributed by atoms with Crippen LogP contribution in [-0.2, 0) is 39.3 Å². The van der Waals surface area contributed by atoms with E-state index in [-0.39, 0.29) is 53.7 Å². The summed E-state index contributed by atoms with van der Waals surface area (Å²) in [6.45, 7) is -0.610. The standard InChI is InChI=1S/C33H27F9N2O5/c1-47-25-5-3-16(17-9-19(10-17)28(45)48-2)13-23(25)22-4-6-26(33(40,41)42)43-24(22)15-44-29(46)49-27(30(44)7-8-30)18-11-20(31(34,35)36)14-21(12-18)32(37,38)39/h3-6,11-14,17,19,27H,7-10,15H2,1-2H3/t17-,19-,27-/m1/s1. The van der Waals surface area contributed by atoms with Crippen molar-refractivity contribution in [3.8, 4) is 16.9 Å². The first-order valence-corrected chi connectivity index (χ1v) is 15.0. The van der Waals surface area contributed by atoms with E-state index in [0.29, 0.717) is 30.5 Å². The number of amides is 1. The molecule has 1 aliphatic heterocycles. The Balaban J connectivity index is 1.39. The van der Waals surface area contributed by atoms with Gasteiger partial charge >= 0.3 is 30.6 Å². The highest BCUT2D eigenvalue weighted by Gasteiger charge is 2.64. The number of cyclic esters (lactones) is 1. The maximum Gasteiger partial charge on any atom is 0.433 e. The van der Waals surface area contributed by atoms with E-state index in [2.05, 4.69) is 4.98 Å². The van der Waals surface area contributed by atoms with Gasteiger partial charge in [-0.15, -0.1) is 0 Å². The summed E-state index contributed by atoms with van der Waals surface area (Å²) >= 11 is 0. The number of hydrogen-bond donors (Lipinski definition) is 0. The van der Waals surface area contributed by atoms with Crippen molar-refractivity contribution in [2.75, 3.05) is 14.2 Å². The molecule has 3 aromatic rings. The first-order chi connectivity index (χ1) is 22.9. The molecular weight excluding hydrogens is 675 g/mol. The third-order valence-electron chi connectivity index (χ3n) is 9.37. The molecule has 2 aromatic carbocycles. The van der Waals surface area contributed by atoms with Gasteiger partial charge in [0, 0.05) is 11.1 Å². The summed E-state index contributed by atoms with van der Waals surface area (Å²) < 4.78 is 139. The van der Waals surface area contributed by atoms with E-state index in [1.807, 2.05) is 0 Å². The molecule has 6 rings (SSSR count). The van der Waals surface area contributed by atoms with Gasteiger partial charge in [-0.25, -0.2) is 9.78 Å². The molecule has 1 aromatic heterocycles. The van der Waals surface area contributed by atoms with Crippen molar-refractivity contribution >= 4 is 12.1 Å². The normalized spacial score (nSPS) is 21.7. The second kappa shape index (κ2) is 11.8. The van der Waals surface area contributed by atoms with Crippen LogP contribution in [0.2, 0.25) is 0 Å². The number of methoxy groups -OCH3 is 2. The third kappa shape index (κ3) is 6.36. The van der Waals surface area contributed by atoms with Crippen LogP contribution in [0.5, 0.6) is 5.75 Å². The number of pyridine rings is 1. The second-order valence-corrected chi connectivity index (χ2v) is 12.3. The average Bonchev–Trinajstić information content (AvgIpc) is 3.76. The fourth-order valence-electron chi connectivity index (χ4n) is 6.60. The molecule has 3 fully saturated rings. The molecule has 0 radical (unpaired) electrons. The van der Waals surface area contributed by atoms with Crippen molar-refractivity contribution in [1.82, 2.24) is 9.88 Å². The van der Waals surface area contributed by atoms with Gasteiger partial charge in [-0.05, 0) is 79.1 Å². The fourth-order valence-corrected chi connectivity index (χ4v) is 6.60. The van der Waals surface area contributed by atoms with Crippen LogP contribution in [0, 0.1) is 5.92 Å². The lowest BCUT2D eigenvalue weighted by Crippen LogP contribution is -2.36. The zero-order valence-electron chi connectivity index (χ0n) is 25.7. The number of esters is 1. The molecule has 16 heteroatoms. The Morgan fingerprint density at radius 3 is 2.02 bits per heavy atom. The SMILES string of the molecule is COc1ccc([C@H]2C[C@H](C(=O)OC)C2)cc1-c1ccc(C(F)(F)F)nc1CN1C(=O)O[C@H](c2cc(C(F)(F)F)cc(C(F)(F)F)c2)C12CC2. The fraction of sp³-hybridized carbons (Fsp3) is 0.424. The Bertz CT molecular complexity index is 1760. The van der Waals surface area contributed by atoms with Crippen LogP contribution in [0.4, 0.5) is 44.3 Å². The highest BCUT2D eigenvalue weighted by Crippen LogP contribution is 2.58. The van der Waals surface area contributed by atoms with E-state index in [9.17, 15) is 49.1 Å². The molecule has 1 saturated heterocycles.